The first-order valence-electron chi connectivity index (χ1n) is 10.1. The molecular weight excluding hydrogens is 358 g/mol. The first kappa shape index (κ1) is 22.1. The van der Waals surface area contributed by atoms with Crippen molar-refractivity contribution in [3.05, 3.63) is 29.8 Å². The number of sulfonamides is 1. The molecule has 1 aliphatic carbocycles. The molecule has 1 fully saturated rings. The van der Waals surface area contributed by atoms with E-state index in [1.54, 1.807) is 12.1 Å². The number of nitrogens with one attached hydrogen (secondary N) is 1. The van der Waals surface area contributed by atoms with Crippen molar-refractivity contribution in [1.29, 1.82) is 0 Å². The van der Waals surface area contributed by atoms with E-state index in [-0.39, 0.29) is 17.8 Å². The quantitative estimate of drug-likeness (QED) is 0.625. The normalized spacial score (nSPS) is 27.8. The van der Waals surface area contributed by atoms with Crippen LogP contribution in [0.2, 0.25) is 0 Å². The van der Waals surface area contributed by atoms with E-state index in [4.69, 9.17) is 0 Å². The molecule has 0 amide bonds. The molecule has 1 aromatic rings. The molecule has 152 valence electrons. The standard InChI is InChI=1S/C22H35NO3S/c1-7-22(23-27(25,26)20-10-8-16(4)9-11-20)13-18(6)21(22)17(5)12-19(14-24)15(2)3/h8-11,14-15,17-19,21,23H,7,12-13H2,1-6H3/t17-,18?,19?,21+,22-/m0/s1. The topological polar surface area (TPSA) is 63.2 Å². The molecule has 0 bridgehead atoms. The van der Waals surface area contributed by atoms with Crippen LogP contribution in [0.25, 0.3) is 0 Å². The van der Waals surface area contributed by atoms with Gasteiger partial charge in [-0.05, 0) is 62.0 Å². The first-order chi connectivity index (χ1) is 12.6. The van der Waals surface area contributed by atoms with Crippen molar-refractivity contribution in [1.82, 2.24) is 4.72 Å². The molecule has 2 unspecified atom stereocenters. The smallest absolute Gasteiger partial charge is 0.241 e. The van der Waals surface area contributed by atoms with Gasteiger partial charge < -0.3 is 4.79 Å². The van der Waals surface area contributed by atoms with Gasteiger partial charge in [-0.1, -0.05) is 52.3 Å². The van der Waals surface area contributed by atoms with E-state index in [9.17, 15) is 13.2 Å². The maximum absolute atomic E-state index is 13.0. The van der Waals surface area contributed by atoms with E-state index in [0.717, 1.165) is 31.1 Å². The van der Waals surface area contributed by atoms with E-state index in [2.05, 4.69) is 39.3 Å². The van der Waals surface area contributed by atoms with Crippen LogP contribution in [0.1, 0.15) is 59.4 Å². The third-order valence-corrected chi connectivity index (χ3v) is 8.09. The van der Waals surface area contributed by atoms with E-state index in [1.165, 1.54) is 0 Å². The summed E-state index contributed by atoms with van der Waals surface area (Å²) >= 11 is 0. The van der Waals surface area contributed by atoms with Crippen molar-refractivity contribution in [3.8, 4) is 0 Å². The van der Waals surface area contributed by atoms with Gasteiger partial charge in [-0.3, -0.25) is 0 Å². The Morgan fingerprint density at radius 3 is 2.26 bits per heavy atom. The van der Waals surface area contributed by atoms with Crippen molar-refractivity contribution >= 4 is 16.3 Å². The Bertz CT molecular complexity index is 741. The summed E-state index contributed by atoms with van der Waals surface area (Å²) in [4.78, 5) is 11.8. The molecule has 27 heavy (non-hydrogen) atoms. The number of rotatable bonds is 9. The van der Waals surface area contributed by atoms with Gasteiger partial charge >= 0.3 is 0 Å². The fourth-order valence-electron chi connectivity index (χ4n) is 4.99. The number of carbonyl (C=O) groups excluding carboxylic acids is 1. The van der Waals surface area contributed by atoms with Crippen molar-refractivity contribution in [2.45, 2.75) is 71.2 Å². The number of aryl methyl sites for hydroxylation is 1. The average Bonchev–Trinajstić information content (AvgIpc) is 2.58. The number of hydrogen-bond acceptors (Lipinski definition) is 3. The number of aldehydes is 1. The second-order valence-corrected chi connectivity index (χ2v) is 10.6. The summed E-state index contributed by atoms with van der Waals surface area (Å²) in [6.45, 7) is 12.5. The Labute approximate surface area is 165 Å². The highest BCUT2D eigenvalue weighted by Crippen LogP contribution is 2.52. The molecule has 0 saturated heterocycles. The molecule has 0 aliphatic heterocycles. The maximum atomic E-state index is 13.0. The zero-order valence-electron chi connectivity index (χ0n) is 17.5. The van der Waals surface area contributed by atoms with Gasteiger partial charge in [0, 0.05) is 11.5 Å². The predicted molar refractivity (Wildman–Crippen MR) is 110 cm³/mol. The SMILES string of the molecule is CC[C@]1(NS(=O)(=O)c2ccc(C)cc2)CC(C)[C@H]1[C@@H](C)CC(C=O)C(C)C. The second-order valence-electron chi connectivity index (χ2n) is 8.89. The van der Waals surface area contributed by atoms with Gasteiger partial charge in [-0.25, -0.2) is 13.1 Å². The second kappa shape index (κ2) is 8.44. The third-order valence-electron chi connectivity index (χ3n) is 6.53. The summed E-state index contributed by atoms with van der Waals surface area (Å²) in [5.74, 6) is 1.30. The van der Waals surface area contributed by atoms with Crippen LogP contribution in [0.4, 0.5) is 0 Å². The van der Waals surface area contributed by atoms with Crippen molar-refractivity contribution in [2.24, 2.45) is 29.6 Å². The third kappa shape index (κ3) is 4.62. The predicted octanol–water partition coefficient (Wildman–Crippen LogP) is 4.58. The summed E-state index contributed by atoms with van der Waals surface area (Å²) in [7, 11) is -3.57. The molecule has 1 saturated carbocycles. The van der Waals surface area contributed by atoms with Gasteiger partial charge in [0.25, 0.3) is 0 Å². The number of benzene rings is 1. The molecule has 0 aromatic heterocycles. The molecule has 5 atom stereocenters. The monoisotopic (exact) mass is 393 g/mol. The summed E-state index contributed by atoms with van der Waals surface area (Å²) in [6, 6.07) is 6.99. The van der Waals surface area contributed by atoms with Gasteiger partial charge in [-0.2, -0.15) is 0 Å². The largest absolute Gasteiger partial charge is 0.303 e. The highest BCUT2D eigenvalue weighted by atomic mass is 32.2. The molecule has 2 rings (SSSR count). The fourth-order valence-corrected chi connectivity index (χ4v) is 6.51. The molecule has 5 heteroatoms. The van der Waals surface area contributed by atoms with Gasteiger partial charge in [0.15, 0.2) is 0 Å². The fraction of sp³-hybridized carbons (Fsp3) is 0.682. The highest BCUT2D eigenvalue weighted by molar-refractivity contribution is 7.89. The molecule has 0 spiro atoms. The zero-order chi connectivity index (χ0) is 20.4. The van der Waals surface area contributed by atoms with E-state index < -0.39 is 15.6 Å². The summed E-state index contributed by atoms with van der Waals surface area (Å²) in [5.41, 5.74) is 0.615. The van der Waals surface area contributed by atoms with Crippen LogP contribution in [0.5, 0.6) is 0 Å². The Kier molecular flexibility index (Phi) is 6.91. The van der Waals surface area contributed by atoms with Gasteiger partial charge in [0.05, 0.1) is 4.90 Å². The van der Waals surface area contributed by atoms with Crippen molar-refractivity contribution in [3.63, 3.8) is 0 Å². The first-order valence-corrected chi connectivity index (χ1v) is 11.6. The molecule has 0 heterocycles. The maximum Gasteiger partial charge on any atom is 0.241 e. The van der Waals surface area contributed by atoms with Gasteiger partial charge in [0.1, 0.15) is 6.29 Å². The van der Waals surface area contributed by atoms with Crippen LogP contribution in [0, 0.1) is 36.5 Å². The van der Waals surface area contributed by atoms with Crippen LogP contribution in [-0.2, 0) is 14.8 Å². The molecule has 1 N–H and O–H groups in total. The van der Waals surface area contributed by atoms with Crippen molar-refractivity contribution in [2.75, 3.05) is 0 Å². The van der Waals surface area contributed by atoms with E-state index >= 15 is 0 Å². The van der Waals surface area contributed by atoms with Gasteiger partial charge in [-0.15, -0.1) is 0 Å². The van der Waals surface area contributed by atoms with Crippen LogP contribution >= 0.6 is 0 Å². The Hall–Kier alpha value is -1.20. The Morgan fingerprint density at radius 1 is 1.22 bits per heavy atom. The highest BCUT2D eigenvalue weighted by Gasteiger charge is 2.54. The van der Waals surface area contributed by atoms with E-state index in [0.29, 0.717) is 16.7 Å². The minimum absolute atomic E-state index is 0.0241. The van der Waals surface area contributed by atoms with Crippen LogP contribution in [-0.4, -0.2) is 20.2 Å². The molecule has 0 radical (unpaired) electrons. The lowest BCUT2D eigenvalue weighted by molar-refractivity contribution is -0.113. The number of hydrogen-bond donors (Lipinski definition) is 1. The lowest BCUT2D eigenvalue weighted by Crippen LogP contribution is -2.65. The molecule has 1 aromatic carbocycles. The molecule has 4 nitrogen and oxygen atoms in total. The van der Waals surface area contributed by atoms with Crippen LogP contribution in [0.15, 0.2) is 29.2 Å². The minimum Gasteiger partial charge on any atom is -0.303 e. The average molecular weight is 394 g/mol. The molecule has 1 aliphatic rings. The lowest BCUT2D eigenvalue weighted by atomic mass is 9.54. The zero-order valence-corrected chi connectivity index (χ0v) is 18.3. The van der Waals surface area contributed by atoms with E-state index in [1.807, 2.05) is 19.1 Å². The van der Waals surface area contributed by atoms with Crippen LogP contribution < -0.4 is 4.72 Å². The van der Waals surface area contributed by atoms with Gasteiger partial charge in [0.2, 0.25) is 10.0 Å². The summed E-state index contributed by atoms with van der Waals surface area (Å²) < 4.78 is 29.1. The lowest BCUT2D eigenvalue weighted by Gasteiger charge is -2.57. The minimum atomic E-state index is -3.57. The van der Waals surface area contributed by atoms with Crippen molar-refractivity contribution < 1.29 is 13.2 Å². The number of carbonyl (C=O) groups is 1. The van der Waals surface area contributed by atoms with Crippen LogP contribution in [0.3, 0.4) is 0 Å². The summed E-state index contributed by atoms with van der Waals surface area (Å²) in [6.07, 6.45) is 3.47. The Morgan fingerprint density at radius 2 is 1.81 bits per heavy atom. The molecular formula is C22H35NO3S. The summed E-state index contributed by atoms with van der Waals surface area (Å²) in [5, 5.41) is 0. The Balaban J connectivity index is 2.24.